The molecule has 8 nitrogen and oxygen atoms in total. The van der Waals surface area contributed by atoms with E-state index in [1.165, 1.54) is 0 Å². The molecule has 4 rings (SSSR count). The minimum atomic E-state index is -0.587. The molecule has 2 aromatic carbocycles. The Balaban J connectivity index is 1.47. The molecule has 0 spiro atoms. The first-order valence-corrected chi connectivity index (χ1v) is 10.5. The largest absolute Gasteiger partial charge is 0.477 e. The summed E-state index contributed by atoms with van der Waals surface area (Å²) in [7, 11) is 3.20. The van der Waals surface area contributed by atoms with E-state index in [9.17, 15) is 9.59 Å². The summed E-state index contributed by atoms with van der Waals surface area (Å²) in [5.74, 6) is 7.44. The van der Waals surface area contributed by atoms with Gasteiger partial charge in [0.25, 0.3) is 11.8 Å². The fourth-order valence-corrected chi connectivity index (χ4v) is 3.81. The molecule has 0 saturated carbocycles. The number of hydrogen-bond donors (Lipinski definition) is 2. The quantitative estimate of drug-likeness (QED) is 0.700. The van der Waals surface area contributed by atoms with E-state index in [4.69, 9.17) is 9.47 Å². The number of nitrogens with zero attached hydrogens (tertiary/aromatic N) is 2. The Morgan fingerprint density at radius 1 is 0.812 bits per heavy atom. The summed E-state index contributed by atoms with van der Waals surface area (Å²) in [5.41, 5.74) is 1.83. The first kappa shape index (κ1) is 21.4. The van der Waals surface area contributed by atoms with Gasteiger partial charge < -0.3 is 29.9 Å². The van der Waals surface area contributed by atoms with E-state index in [2.05, 4.69) is 22.5 Å². The summed E-state index contributed by atoms with van der Waals surface area (Å²) in [6.45, 7) is 1.76. The predicted octanol–water partition coefficient (Wildman–Crippen LogP) is 1.02. The van der Waals surface area contributed by atoms with Crippen LogP contribution in [0.2, 0.25) is 0 Å². The van der Waals surface area contributed by atoms with Crippen LogP contribution in [0, 0.1) is 11.8 Å². The maximum absolute atomic E-state index is 12.1. The SMILES string of the molecule is CNC(=O)C1CN(CC#CCN2CC(C(=O)NC)Oc3ccccc32)c2ccccc2O1. The highest BCUT2D eigenvalue weighted by Gasteiger charge is 2.30. The number of nitrogens with one attached hydrogen (secondary N) is 2. The molecule has 0 fully saturated rings. The smallest absolute Gasteiger partial charge is 0.262 e. The van der Waals surface area contributed by atoms with Crippen LogP contribution in [0.5, 0.6) is 11.5 Å². The number of para-hydroxylation sites is 4. The van der Waals surface area contributed by atoms with Gasteiger partial charge in [0.15, 0.2) is 12.2 Å². The fraction of sp³-hybridized carbons (Fsp3) is 0.333. The van der Waals surface area contributed by atoms with E-state index in [1.807, 2.05) is 58.3 Å². The van der Waals surface area contributed by atoms with Crippen LogP contribution in [0.1, 0.15) is 0 Å². The summed E-state index contributed by atoms with van der Waals surface area (Å²) >= 11 is 0. The van der Waals surface area contributed by atoms with Crippen molar-refractivity contribution >= 4 is 23.2 Å². The average Bonchev–Trinajstić information content (AvgIpc) is 2.84. The molecular weight excluding hydrogens is 408 g/mol. The molecule has 2 aliphatic rings. The van der Waals surface area contributed by atoms with Crippen molar-refractivity contribution in [3.05, 3.63) is 48.5 Å². The molecule has 32 heavy (non-hydrogen) atoms. The van der Waals surface area contributed by atoms with Crippen LogP contribution in [0.3, 0.4) is 0 Å². The molecule has 0 radical (unpaired) electrons. The number of carbonyl (C=O) groups excluding carboxylic acids is 2. The van der Waals surface area contributed by atoms with Crippen LogP contribution in [0.4, 0.5) is 11.4 Å². The molecule has 0 aliphatic carbocycles. The van der Waals surface area contributed by atoms with Gasteiger partial charge in [-0.25, -0.2) is 0 Å². The van der Waals surface area contributed by atoms with E-state index in [0.29, 0.717) is 37.7 Å². The van der Waals surface area contributed by atoms with Crippen molar-refractivity contribution in [1.29, 1.82) is 0 Å². The zero-order chi connectivity index (χ0) is 22.5. The van der Waals surface area contributed by atoms with Crippen molar-refractivity contribution < 1.29 is 19.1 Å². The monoisotopic (exact) mass is 434 g/mol. The first-order chi connectivity index (χ1) is 15.6. The van der Waals surface area contributed by atoms with Gasteiger partial charge in [-0.05, 0) is 24.3 Å². The lowest BCUT2D eigenvalue weighted by atomic mass is 10.1. The normalized spacial score (nSPS) is 18.7. The van der Waals surface area contributed by atoms with Gasteiger partial charge in [0.2, 0.25) is 0 Å². The maximum Gasteiger partial charge on any atom is 0.262 e. The third-order valence-electron chi connectivity index (χ3n) is 5.47. The number of rotatable bonds is 4. The highest BCUT2D eigenvalue weighted by molar-refractivity contribution is 5.83. The van der Waals surface area contributed by atoms with Gasteiger partial charge in [-0.15, -0.1) is 0 Å². The highest BCUT2D eigenvalue weighted by Crippen LogP contribution is 2.34. The van der Waals surface area contributed by atoms with Crippen molar-refractivity contribution in [3.63, 3.8) is 0 Å². The molecule has 2 amide bonds. The fourth-order valence-electron chi connectivity index (χ4n) is 3.81. The lowest BCUT2D eigenvalue weighted by Crippen LogP contribution is -2.48. The molecule has 2 N–H and O–H groups in total. The number of fused-ring (bicyclic) bond motifs is 2. The van der Waals surface area contributed by atoms with Crippen LogP contribution in [0.25, 0.3) is 0 Å². The molecule has 2 atom stereocenters. The van der Waals surface area contributed by atoms with E-state index >= 15 is 0 Å². The first-order valence-electron chi connectivity index (χ1n) is 10.5. The van der Waals surface area contributed by atoms with Gasteiger partial charge in [-0.2, -0.15) is 0 Å². The molecule has 0 saturated heterocycles. The Morgan fingerprint density at radius 2 is 1.22 bits per heavy atom. The number of carbonyl (C=O) groups is 2. The summed E-state index contributed by atoms with van der Waals surface area (Å²) < 4.78 is 11.7. The Hall–Kier alpha value is -3.86. The standard InChI is InChI=1S/C24H26N4O4/c1-25-23(29)21-15-27(17-9-3-5-11-19(17)31-21)13-7-8-14-28-16-22(24(30)26-2)32-20-12-6-4-10-18(20)28/h3-6,9-12,21-22H,13-16H2,1-2H3,(H,25,29)(H,26,30). The minimum Gasteiger partial charge on any atom is -0.477 e. The number of likely N-dealkylation sites (N-methyl/N-ethyl adjacent to an activating group) is 2. The average molecular weight is 434 g/mol. The van der Waals surface area contributed by atoms with Crippen LogP contribution in [-0.4, -0.2) is 64.3 Å². The second kappa shape index (κ2) is 9.52. The maximum atomic E-state index is 12.1. The lowest BCUT2D eigenvalue weighted by Gasteiger charge is -2.34. The van der Waals surface area contributed by atoms with Crippen LogP contribution in [-0.2, 0) is 9.59 Å². The van der Waals surface area contributed by atoms with Crippen molar-refractivity contribution in [2.45, 2.75) is 12.2 Å². The zero-order valence-corrected chi connectivity index (χ0v) is 18.1. The lowest BCUT2D eigenvalue weighted by molar-refractivity contribution is -0.128. The molecule has 166 valence electrons. The predicted molar refractivity (Wildman–Crippen MR) is 122 cm³/mol. The van der Waals surface area contributed by atoms with Crippen molar-refractivity contribution in [2.24, 2.45) is 0 Å². The number of benzene rings is 2. The zero-order valence-electron chi connectivity index (χ0n) is 18.1. The Bertz CT molecular complexity index is 980. The number of hydrogen-bond acceptors (Lipinski definition) is 6. The third kappa shape index (κ3) is 4.42. The van der Waals surface area contributed by atoms with Crippen LogP contribution < -0.4 is 29.9 Å². The van der Waals surface area contributed by atoms with E-state index in [-0.39, 0.29) is 11.8 Å². The van der Waals surface area contributed by atoms with Crippen molar-refractivity contribution in [2.75, 3.05) is 50.1 Å². The summed E-state index contributed by atoms with van der Waals surface area (Å²) in [6.07, 6.45) is -1.17. The molecular formula is C24H26N4O4. The second-order valence-electron chi connectivity index (χ2n) is 7.49. The van der Waals surface area contributed by atoms with E-state index in [1.54, 1.807) is 14.1 Å². The van der Waals surface area contributed by atoms with Gasteiger partial charge in [0.1, 0.15) is 11.5 Å². The highest BCUT2D eigenvalue weighted by atomic mass is 16.5. The Kier molecular flexibility index (Phi) is 6.36. The second-order valence-corrected chi connectivity index (χ2v) is 7.49. The number of ether oxygens (including phenoxy) is 2. The van der Waals surface area contributed by atoms with Gasteiger partial charge in [-0.3, -0.25) is 9.59 Å². The summed E-state index contributed by atoms with van der Waals surface area (Å²) in [6, 6.07) is 15.3. The molecule has 2 heterocycles. The number of amides is 2. The molecule has 2 unspecified atom stereocenters. The summed E-state index contributed by atoms with van der Waals surface area (Å²) in [5, 5.41) is 5.29. The van der Waals surface area contributed by atoms with Gasteiger partial charge in [-0.1, -0.05) is 36.1 Å². The van der Waals surface area contributed by atoms with E-state index < -0.39 is 12.2 Å². The Labute approximate surface area is 187 Å². The third-order valence-corrected chi connectivity index (χ3v) is 5.47. The van der Waals surface area contributed by atoms with Gasteiger partial charge in [0.05, 0.1) is 37.6 Å². The number of anilines is 2. The molecule has 2 aliphatic heterocycles. The molecule has 0 bridgehead atoms. The molecule has 8 heteroatoms. The van der Waals surface area contributed by atoms with Gasteiger partial charge >= 0.3 is 0 Å². The van der Waals surface area contributed by atoms with Crippen molar-refractivity contribution in [1.82, 2.24) is 10.6 Å². The topological polar surface area (TPSA) is 83.1 Å². The molecule has 2 aromatic rings. The van der Waals surface area contributed by atoms with E-state index in [0.717, 1.165) is 11.4 Å². The van der Waals surface area contributed by atoms with Crippen LogP contribution in [0.15, 0.2) is 48.5 Å². The minimum absolute atomic E-state index is 0.164. The van der Waals surface area contributed by atoms with Crippen LogP contribution >= 0.6 is 0 Å². The Morgan fingerprint density at radius 3 is 1.62 bits per heavy atom. The van der Waals surface area contributed by atoms with Crippen molar-refractivity contribution in [3.8, 4) is 23.3 Å². The summed E-state index contributed by atoms with van der Waals surface area (Å²) in [4.78, 5) is 28.4. The van der Waals surface area contributed by atoms with Gasteiger partial charge in [0, 0.05) is 14.1 Å². The molecule has 0 aromatic heterocycles.